The van der Waals surface area contributed by atoms with Crippen LogP contribution in [0.4, 0.5) is 5.95 Å². The summed E-state index contributed by atoms with van der Waals surface area (Å²) in [5, 5.41) is 11.0. The number of hydrogen-bond donors (Lipinski definition) is 3. The van der Waals surface area contributed by atoms with Crippen LogP contribution in [-0.2, 0) is 0 Å². The molecule has 21 heavy (non-hydrogen) atoms. The minimum absolute atomic E-state index is 0.179. The van der Waals surface area contributed by atoms with Crippen molar-refractivity contribution in [1.82, 2.24) is 9.97 Å². The fourth-order valence-corrected chi connectivity index (χ4v) is 2.29. The Morgan fingerprint density at radius 3 is 2.52 bits per heavy atom. The van der Waals surface area contributed by atoms with Crippen molar-refractivity contribution >= 4 is 22.8 Å². The van der Waals surface area contributed by atoms with Crippen molar-refractivity contribution in [2.24, 2.45) is 5.73 Å². The summed E-state index contributed by atoms with van der Waals surface area (Å²) in [6.07, 6.45) is 0. The molecule has 0 bridgehead atoms. The molecule has 5 nitrogen and oxygen atoms in total. The third-order valence-corrected chi connectivity index (χ3v) is 3.22. The Balaban J connectivity index is 2.30. The minimum Gasteiger partial charge on any atom is -0.370 e. The van der Waals surface area contributed by atoms with Gasteiger partial charge in [-0.1, -0.05) is 48.5 Å². The third-order valence-electron chi connectivity index (χ3n) is 3.22. The zero-order chi connectivity index (χ0) is 14.8. The molecule has 3 rings (SSSR count). The summed E-state index contributed by atoms with van der Waals surface area (Å²) in [5.41, 5.74) is 9.13. The molecule has 1 heterocycles. The van der Waals surface area contributed by atoms with E-state index < -0.39 is 0 Å². The van der Waals surface area contributed by atoms with E-state index in [-0.39, 0.29) is 5.96 Å². The van der Waals surface area contributed by atoms with Gasteiger partial charge < -0.3 is 5.73 Å². The Labute approximate surface area is 122 Å². The number of nitrogens with two attached hydrogens (primary N) is 1. The van der Waals surface area contributed by atoms with Crippen molar-refractivity contribution in [3.8, 4) is 11.3 Å². The molecule has 104 valence electrons. The van der Waals surface area contributed by atoms with Crippen LogP contribution in [0.1, 0.15) is 5.56 Å². The highest BCUT2D eigenvalue weighted by Crippen LogP contribution is 2.28. The number of rotatable bonds is 2. The number of aryl methyl sites for hydroxylation is 1. The predicted octanol–water partition coefficient (Wildman–Crippen LogP) is 2.91. The lowest BCUT2D eigenvalue weighted by Gasteiger charge is -2.11. The molecule has 5 heteroatoms. The van der Waals surface area contributed by atoms with E-state index in [1.807, 2.05) is 55.5 Å². The quantitative estimate of drug-likeness (QED) is 0.496. The molecule has 0 unspecified atom stereocenters. The van der Waals surface area contributed by atoms with E-state index in [2.05, 4.69) is 15.3 Å². The van der Waals surface area contributed by atoms with Gasteiger partial charge in [0.15, 0.2) is 5.96 Å². The number of guanidine groups is 1. The van der Waals surface area contributed by atoms with Gasteiger partial charge in [0.2, 0.25) is 5.95 Å². The van der Waals surface area contributed by atoms with E-state index in [4.69, 9.17) is 11.1 Å². The highest BCUT2D eigenvalue weighted by atomic mass is 15.2. The summed E-state index contributed by atoms with van der Waals surface area (Å²) in [5.74, 6) is 0.157. The summed E-state index contributed by atoms with van der Waals surface area (Å²) >= 11 is 0. The molecular weight excluding hydrogens is 262 g/mol. The zero-order valence-corrected chi connectivity index (χ0v) is 11.6. The fraction of sp³-hybridized carbons (Fsp3) is 0.0625. The van der Waals surface area contributed by atoms with Crippen molar-refractivity contribution < 1.29 is 0 Å². The third kappa shape index (κ3) is 2.53. The second kappa shape index (κ2) is 5.20. The first-order valence-electron chi connectivity index (χ1n) is 6.59. The minimum atomic E-state index is -0.179. The number of nitrogens with zero attached hydrogens (tertiary/aromatic N) is 2. The lowest BCUT2D eigenvalue weighted by atomic mass is 10.0. The number of anilines is 1. The number of fused-ring (bicyclic) bond motifs is 1. The van der Waals surface area contributed by atoms with Gasteiger partial charge in [0.25, 0.3) is 0 Å². The Morgan fingerprint density at radius 2 is 1.81 bits per heavy atom. The Bertz CT molecular complexity index is 812. The Kier molecular flexibility index (Phi) is 3.23. The molecule has 0 saturated heterocycles. The van der Waals surface area contributed by atoms with E-state index in [1.54, 1.807) is 0 Å². The Hall–Kier alpha value is -2.95. The molecule has 4 N–H and O–H groups in total. The van der Waals surface area contributed by atoms with Crippen molar-refractivity contribution in [2.45, 2.75) is 6.92 Å². The largest absolute Gasteiger partial charge is 0.370 e. The monoisotopic (exact) mass is 277 g/mol. The van der Waals surface area contributed by atoms with Gasteiger partial charge >= 0.3 is 0 Å². The Morgan fingerprint density at radius 1 is 1.05 bits per heavy atom. The van der Waals surface area contributed by atoms with E-state index in [1.165, 1.54) is 0 Å². The molecule has 0 saturated carbocycles. The first kappa shape index (κ1) is 13.1. The number of para-hydroxylation sites is 1. The summed E-state index contributed by atoms with van der Waals surface area (Å²) < 4.78 is 0. The van der Waals surface area contributed by atoms with Crippen molar-refractivity contribution in [2.75, 3.05) is 5.32 Å². The van der Waals surface area contributed by atoms with Gasteiger partial charge in [0.1, 0.15) is 0 Å². The lowest BCUT2D eigenvalue weighted by Crippen LogP contribution is -2.22. The van der Waals surface area contributed by atoms with Crippen LogP contribution in [0, 0.1) is 12.3 Å². The van der Waals surface area contributed by atoms with Crippen LogP contribution in [0.25, 0.3) is 22.2 Å². The van der Waals surface area contributed by atoms with Crippen LogP contribution in [0.15, 0.2) is 48.5 Å². The van der Waals surface area contributed by atoms with E-state index >= 15 is 0 Å². The molecule has 0 fully saturated rings. The maximum absolute atomic E-state index is 7.36. The van der Waals surface area contributed by atoms with Crippen molar-refractivity contribution in [3.05, 3.63) is 54.1 Å². The van der Waals surface area contributed by atoms with Gasteiger partial charge in [-0.15, -0.1) is 0 Å². The number of nitrogens with one attached hydrogen (secondary N) is 2. The first-order chi connectivity index (χ1) is 10.1. The second-order valence-corrected chi connectivity index (χ2v) is 4.77. The molecule has 2 aromatic carbocycles. The van der Waals surface area contributed by atoms with Gasteiger partial charge in [-0.3, -0.25) is 10.7 Å². The summed E-state index contributed by atoms with van der Waals surface area (Å²) in [6.45, 7) is 2.00. The molecular formula is C16H15N5. The van der Waals surface area contributed by atoms with Crippen LogP contribution in [-0.4, -0.2) is 15.9 Å². The predicted molar refractivity (Wildman–Crippen MR) is 85.2 cm³/mol. The average Bonchev–Trinajstić information content (AvgIpc) is 2.48. The fourth-order valence-electron chi connectivity index (χ4n) is 2.29. The standard InChI is InChI=1S/C16H15N5/c1-10-6-5-9-12-13(10)19-16(21-15(17)18)20-14(12)11-7-3-2-4-8-11/h2-9H,1H3,(H4,17,18,19,20,21). The topological polar surface area (TPSA) is 87.7 Å². The van der Waals surface area contributed by atoms with E-state index in [0.717, 1.165) is 27.7 Å². The maximum atomic E-state index is 7.36. The van der Waals surface area contributed by atoms with E-state index in [0.29, 0.717) is 5.95 Å². The van der Waals surface area contributed by atoms with Crippen LogP contribution in [0.5, 0.6) is 0 Å². The van der Waals surface area contributed by atoms with E-state index in [9.17, 15) is 0 Å². The summed E-state index contributed by atoms with van der Waals surface area (Å²) in [6, 6.07) is 15.9. The second-order valence-electron chi connectivity index (χ2n) is 4.77. The number of benzene rings is 2. The molecule has 3 aromatic rings. The van der Waals surface area contributed by atoms with Crippen LogP contribution < -0.4 is 11.1 Å². The van der Waals surface area contributed by atoms with Crippen LogP contribution in [0.3, 0.4) is 0 Å². The van der Waals surface area contributed by atoms with Crippen LogP contribution >= 0.6 is 0 Å². The normalized spacial score (nSPS) is 10.5. The lowest BCUT2D eigenvalue weighted by molar-refractivity contribution is 1.20. The van der Waals surface area contributed by atoms with Gasteiger partial charge in [-0.25, -0.2) is 9.97 Å². The first-order valence-corrected chi connectivity index (χ1v) is 6.59. The smallest absolute Gasteiger partial charge is 0.230 e. The van der Waals surface area contributed by atoms with Gasteiger partial charge in [-0.05, 0) is 12.5 Å². The molecule has 0 aliphatic rings. The molecule has 0 atom stereocenters. The molecule has 0 aliphatic heterocycles. The van der Waals surface area contributed by atoms with Crippen molar-refractivity contribution in [3.63, 3.8) is 0 Å². The summed E-state index contributed by atoms with van der Waals surface area (Å²) in [4.78, 5) is 8.97. The highest BCUT2D eigenvalue weighted by Gasteiger charge is 2.11. The van der Waals surface area contributed by atoms with Crippen molar-refractivity contribution in [1.29, 1.82) is 5.41 Å². The van der Waals surface area contributed by atoms with Gasteiger partial charge in [-0.2, -0.15) is 0 Å². The van der Waals surface area contributed by atoms with Crippen LogP contribution in [0.2, 0.25) is 0 Å². The number of aromatic nitrogens is 2. The summed E-state index contributed by atoms with van der Waals surface area (Å²) in [7, 11) is 0. The maximum Gasteiger partial charge on any atom is 0.230 e. The molecule has 1 aromatic heterocycles. The molecule has 0 spiro atoms. The average molecular weight is 277 g/mol. The highest BCUT2D eigenvalue weighted by molar-refractivity contribution is 5.96. The molecule has 0 radical (unpaired) electrons. The van der Waals surface area contributed by atoms with Gasteiger partial charge in [0, 0.05) is 10.9 Å². The molecule has 0 aliphatic carbocycles. The number of hydrogen-bond acceptors (Lipinski definition) is 3. The molecule has 0 amide bonds. The van der Waals surface area contributed by atoms with Gasteiger partial charge in [0.05, 0.1) is 11.2 Å². The zero-order valence-electron chi connectivity index (χ0n) is 11.6. The SMILES string of the molecule is Cc1cccc2c(-c3ccccc3)nc(NC(=N)N)nc12.